The number of benzene rings is 1. The summed E-state index contributed by atoms with van der Waals surface area (Å²) in [7, 11) is 0. The van der Waals surface area contributed by atoms with Gasteiger partial charge in [-0.15, -0.1) is 8.78 Å². The highest BCUT2D eigenvalue weighted by atomic mass is 19.3. The minimum atomic E-state index is -3.61. The Morgan fingerprint density at radius 1 is 1.07 bits per heavy atom. The number of nitrogens with zero attached hydrogens (tertiary/aromatic N) is 2. The zero-order chi connectivity index (χ0) is 31.8. The Morgan fingerprint density at radius 3 is 2.15 bits per heavy atom. The molecule has 0 N–H and O–H groups in total. The molecule has 3 rings (SSSR count). The molecule has 6 nitrogen and oxygen atoms in total. The normalized spacial score (nSPS) is 13.4. The van der Waals surface area contributed by atoms with E-state index in [0.717, 1.165) is 23.3 Å². The van der Waals surface area contributed by atoms with Gasteiger partial charge in [0.2, 0.25) is 0 Å². The van der Waals surface area contributed by atoms with Gasteiger partial charge in [0, 0.05) is 18.7 Å². The second kappa shape index (κ2) is 18.5. The summed E-state index contributed by atoms with van der Waals surface area (Å²) < 4.78 is 41.6. The van der Waals surface area contributed by atoms with Crippen molar-refractivity contribution in [1.29, 1.82) is 0 Å². The fourth-order valence-electron chi connectivity index (χ4n) is 3.61. The van der Waals surface area contributed by atoms with Gasteiger partial charge >= 0.3 is 12.3 Å². The Morgan fingerprint density at radius 2 is 1.66 bits per heavy atom. The maximum Gasteiger partial charge on any atom is 0.586 e. The van der Waals surface area contributed by atoms with Crippen molar-refractivity contribution in [3.63, 3.8) is 0 Å². The van der Waals surface area contributed by atoms with Gasteiger partial charge in [0.05, 0.1) is 11.4 Å². The molecule has 0 fully saturated rings. The van der Waals surface area contributed by atoms with E-state index in [0.29, 0.717) is 18.0 Å². The average molecular weight is 581 g/mol. The molecule has 1 aliphatic rings. The molecule has 1 aromatic heterocycles. The third-order valence-corrected chi connectivity index (χ3v) is 5.69. The molecule has 0 saturated carbocycles. The van der Waals surface area contributed by atoms with Crippen LogP contribution in [0.2, 0.25) is 0 Å². The number of ether oxygens (including phenoxy) is 3. The molecular weight excluding hydrogens is 526 g/mol. The summed E-state index contributed by atoms with van der Waals surface area (Å²) in [5.74, 6) is 0.401. The lowest BCUT2D eigenvalue weighted by Crippen LogP contribution is -2.25. The zero-order valence-corrected chi connectivity index (χ0v) is 27.3. The Labute approximate surface area is 247 Å². The van der Waals surface area contributed by atoms with E-state index >= 15 is 0 Å². The number of alkyl halides is 2. The van der Waals surface area contributed by atoms with E-state index in [1.807, 2.05) is 48.5 Å². The molecule has 1 aromatic carbocycles. The van der Waals surface area contributed by atoms with Crippen molar-refractivity contribution in [2.24, 2.45) is 5.92 Å². The number of carbonyl (C=O) groups excluding carboxylic acids is 1. The SMILES string of the molecule is C=C(C)c1nn(-c2ccc3c(c2)OC(F)(F)O3)cc1C.CC.CCCC.CCCCCC(C)CC(=O)OC(C)(C)C. The molecule has 1 unspecified atom stereocenters. The maximum absolute atomic E-state index is 13.0. The molecule has 0 amide bonds. The number of esters is 1. The maximum atomic E-state index is 13.0. The number of allylic oxidation sites excluding steroid dienone is 1. The quantitative estimate of drug-likeness (QED) is 0.218. The molecule has 0 spiro atoms. The van der Waals surface area contributed by atoms with E-state index in [9.17, 15) is 13.6 Å². The standard InChI is InChI=1S/C14H12F2N2O2.C13H26O2.C4H10.C2H6/c1-8(2)13-9(3)7-18(17-13)10-4-5-11-12(6-10)20-14(15,16)19-11;1-6-7-8-9-11(2)10-12(14)15-13(3,4)5;1-3-4-2;1-2/h4-7H,1H2,2-3H3;11H,6-10H2,1-5H3;3-4H2,1-2H3;1-2H3. The number of unbranched alkanes of at least 4 members (excludes halogenated alkanes) is 3. The number of fused-ring (bicyclic) bond motifs is 1. The summed E-state index contributed by atoms with van der Waals surface area (Å²) in [5.41, 5.74) is 2.85. The lowest BCUT2D eigenvalue weighted by molar-refractivity contribution is -0.286. The Kier molecular flexibility index (Phi) is 17.2. The second-order valence-corrected chi connectivity index (χ2v) is 11.1. The van der Waals surface area contributed by atoms with E-state index < -0.39 is 6.29 Å². The third kappa shape index (κ3) is 15.1. The Balaban J connectivity index is 0.000000677. The number of carbonyl (C=O) groups is 1. The number of hydrogen-bond acceptors (Lipinski definition) is 5. The molecule has 8 heteroatoms. The molecule has 1 aliphatic heterocycles. The number of rotatable bonds is 9. The highest BCUT2D eigenvalue weighted by molar-refractivity contribution is 5.70. The number of aromatic nitrogens is 2. The number of hydrogen-bond donors (Lipinski definition) is 0. The summed E-state index contributed by atoms with van der Waals surface area (Å²) in [6.07, 6.45) is 6.25. The minimum absolute atomic E-state index is 0.00229. The highest BCUT2D eigenvalue weighted by Crippen LogP contribution is 2.41. The van der Waals surface area contributed by atoms with Gasteiger partial charge in [-0.1, -0.05) is 86.6 Å². The van der Waals surface area contributed by atoms with E-state index in [1.54, 1.807) is 16.9 Å². The molecular formula is C33H54F2N2O4. The lowest BCUT2D eigenvalue weighted by Gasteiger charge is -2.20. The topological polar surface area (TPSA) is 62.6 Å². The monoisotopic (exact) mass is 580 g/mol. The average Bonchev–Trinajstić information content (AvgIpc) is 3.42. The second-order valence-electron chi connectivity index (χ2n) is 11.1. The van der Waals surface area contributed by atoms with Crippen LogP contribution >= 0.6 is 0 Å². The van der Waals surface area contributed by atoms with Crippen LogP contribution in [0.5, 0.6) is 11.5 Å². The zero-order valence-electron chi connectivity index (χ0n) is 27.3. The van der Waals surface area contributed by atoms with Crippen molar-refractivity contribution in [2.75, 3.05) is 0 Å². The van der Waals surface area contributed by atoms with Crippen LogP contribution in [0.15, 0.2) is 31.0 Å². The number of aryl methyl sites for hydroxylation is 1. The van der Waals surface area contributed by atoms with E-state index in [-0.39, 0.29) is 23.1 Å². The first-order valence-electron chi connectivity index (χ1n) is 15.0. The summed E-state index contributed by atoms with van der Waals surface area (Å²) >= 11 is 0. The van der Waals surface area contributed by atoms with Crippen molar-refractivity contribution >= 4 is 11.5 Å². The van der Waals surface area contributed by atoms with Crippen molar-refractivity contribution in [3.05, 3.63) is 42.2 Å². The summed E-state index contributed by atoms with van der Waals surface area (Å²) in [5, 5.41) is 4.37. The lowest BCUT2D eigenvalue weighted by atomic mass is 10.00. The summed E-state index contributed by atoms with van der Waals surface area (Å²) in [6.45, 7) is 26.0. The van der Waals surface area contributed by atoms with Crippen LogP contribution in [0.25, 0.3) is 11.3 Å². The van der Waals surface area contributed by atoms with E-state index in [4.69, 9.17) is 4.74 Å². The first kappa shape index (κ1) is 38.1. The van der Waals surface area contributed by atoms with Crippen LogP contribution < -0.4 is 9.47 Å². The van der Waals surface area contributed by atoms with Gasteiger partial charge < -0.3 is 14.2 Å². The molecule has 2 aromatic rings. The van der Waals surface area contributed by atoms with Crippen molar-refractivity contribution in [2.45, 2.75) is 133 Å². The van der Waals surface area contributed by atoms with Crippen molar-refractivity contribution in [3.8, 4) is 17.2 Å². The highest BCUT2D eigenvalue weighted by Gasteiger charge is 2.43. The van der Waals surface area contributed by atoms with Gasteiger partial charge in [-0.25, -0.2) is 4.68 Å². The molecule has 0 aliphatic carbocycles. The summed E-state index contributed by atoms with van der Waals surface area (Å²) in [6, 6.07) is 4.53. The fourth-order valence-corrected chi connectivity index (χ4v) is 3.61. The van der Waals surface area contributed by atoms with Gasteiger partial charge in [-0.2, -0.15) is 5.10 Å². The fraction of sp³-hybridized carbons (Fsp3) is 0.636. The molecule has 2 heterocycles. The van der Waals surface area contributed by atoms with Crippen molar-refractivity contribution < 1.29 is 27.8 Å². The van der Waals surface area contributed by atoms with Crippen LogP contribution in [0.3, 0.4) is 0 Å². The van der Waals surface area contributed by atoms with Gasteiger partial charge in [0.15, 0.2) is 11.5 Å². The third-order valence-electron chi connectivity index (χ3n) is 5.69. The van der Waals surface area contributed by atoms with Crippen LogP contribution in [0.1, 0.15) is 125 Å². The van der Waals surface area contributed by atoms with Crippen molar-refractivity contribution in [1.82, 2.24) is 9.78 Å². The van der Waals surface area contributed by atoms with Crippen LogP contribution in [-0.2, 0) is 9.53 Å². The smallest absolute Gasteiger partial charge is 0.460 e. The van der Waals surface area contributed by atoms with Gasteiger partial charge in [-0.3, -0.25) is 4.79 Å². The molecule has 0 bridgehead atoms. The van der Waals surface area contributed by atoms with E-state index in [1.165, 1.54) is 44.2 Å². The van der Waals surface area contributed by atoms with Gasteiger partial charge in [0.25, 0.3) is 0 Å². The summed E-state index contributed by atoms with van der Waals surface area (Å²) in [4.78, 5) is 11.5. The molecule has 41 heavy (non-hydrogen) atoms. The predicted octanol–water partition coefficient (Wildman–Crippen LogP) is 10.3. The van der Waals surface area contributed by atoms with Crippen LogP contribution in [0, 0.1) is 12.8 Å². The predicted molar refractivity (Wildman–Crippen MR) is 165 cm³/mol. The first-order valence-corrected chi connectivity index (χ1v) is 15.0. The first-order chi connectivity index (χ1) is 19.1. The van der Waals surface area contributed by atoms with Crippen LogP contribution in [0.4, 0.5) is 8.78 Å². The largest absolute Gasteiger partial charge is 0.586 e. The number of halogens is 2. The van der Waals surface area contributed by atoms with Gasteiger partial charge in [-0.05, 0) is 63.8 Å². The molecule has 0 radical (unpaired) electrons. The molecule has 0 saturated heterocycles. The Hall–Kier alpha value is -2.90. The Bertz CT molecular complexity index is 1060. The van der Waals surface area contributed by atoms with Gasteiger partial charge in [0.1, 0.15) is 5.60 Å². The van der Waals surface area contributed by atoms with E-state index in [2.05, 4.69) is 48.8 Å². The molecule has 1 atom stereocenters. The minimum Gasteiger partial charge on any atom is -0.460 e. The molecule has 234 valence electrons. The van der Waals surface area contributed by atoms with Crippen LogP contribution in [-0.4, -0.2) is 27.6 Å².